The van der Waals surface area contributed by atoms with Crippen LogP contribution in [0.1, 0.15) is 26.2 Å². The molecular weight excluding hydrogens is 162 g/mol. The summed E-state index contributed by atoms with van der Waals surface area (Å²) in [5.74, 6) is 1.81. The van der Waals surface area contributed by atoms with E-state index in [0.29, 0.717) is 0 Å². The van der Waals surface area contributed by atoms with Crippen LogP contribution in [-0.2, 0) is 6.54 Å². The fraction of sp³-hybridized carbons (Fsp3) is 0.700. The van der Waals surface area contributed by atoms with E-state index in [-0.39, 0.29) is 0 Å². The molecule has 1 heterocycles. The molecule has 1 fully saturated rings. The molecule has 72 valence electrons. The van der Waals surface area contributed by atoms with Crippen molar-refractivity contribution in [1.82, 2.24) is 9.78 Å². The highest BCUT2D eigenvalue weighted by Gasteiger charge is 2.27. The third-order valence-corrected chi connectivity index (χ3v) is 3.01. The predicted molar refractivity (Wildman–Crippen MR) is 53.1 cm³/mol. The average Bonchev–Trinajstić information content (AvgIpc) is 2.43. The van der Waals surface area contributed by atoms with E-state index in [4.69, 9.17) is 5.73 Å². The topological polar surface area (TPSA) is 43.8 Å². The van der Waals surface area contributed by atoms with Gasteiger partial charge in [-0.1, -0.05) is 13.3 Å². The van der Waals surface area contributed by atoms with Gasteiger partial charge in [-0.15, -0.1) is 0 Å². The van der Waals surface area contributed by atoms with Crippen molar-refractivity contribution in [3.63, 3.8) is 0 Å². The van der Waals surface area contributed by atoms with Crippen LogP contribution < -0.4 is 5.73 Å². The fourth-order valence-corrected chi connectivity index (χ4v) is 2.10. The van der Waals surface area contributed by atoms with Crippen molar-refractivity contribution >= 4 is 5.69 Å². The Morgan fingerprint density at radius 2 is 2.31 bits per heavy atom. The second-order valence-corrected chi connectivity index (χ2v) is 4.11. The number of nitrogens with zero attached hydrogens (tertiary/aromatic N) is 2. The lowest BCUT2D eigenvalue weighted by Gasteiger charge is -2.34. The molecule has 0 unspecified atom stereocenters. The van der Waals surface area contributed by atoms with Crippen LogP contribution in [0.4, 0.5) is 5.69 Å². The van der Waals surface area contributed by atoms with Crippen molar-refractivity contribution < 1.29 is 0 Å². The first-order valence-corrected chi connectivity index (χ1v) is 5.06. The largest absolute Gasteiger partial charge is 0.396 e. The molecule has 0 aromatic carbocycles. The number of rotatable bonds is 3. The zero-order valence-electron chi connectivity index (χ0n) is 8.11. The van der Waals surface area contributed by atoms with Crippen LogP contribution in [0.5, 0.6) is 0 Å². The van der Waals surface area contributed by atoms with Crippen LogP contribution in [0.25, 0.3) is 0 Å². The lowest BCUT2D eigenvalue weighted by Crippen LogP contribution is -2.27. The minimum absolute atomic E-state index is 0.770. The molecule has 1 aliphatic carbocycles. The summed E-state index contributed by atoms with van der Waals surface area (Å²) in [7, 11) is 0. The smallest absolute Gasteiger partial charge is 0.0719 e. The van der Waals surface area contributed by atoms with Crippen LogP contribution in [-0.4, -0.2) is 9.78 Å². The van der Waals surface area contributed by atoms with Gasteiger partial charge in [0.25, 0.3) is 0 Å². The van der Waals surface area contributed by atoms with Crippen molar-refractivity contribution in [1.29, 1.82) is 0 Å². The van der Waals surface area contributed by atoms with Gasteiger partial charge in [-0.2, -0.15) is 5.10 Å². The molecule has 3 heteroatoms. The van der Waals surface area contributed by atoms with Crippen LogP contribution in [0.15, 0.2) is 12.4 Å². The highest BCUT2D eigenvalue weighted by molar-refractivity contribution is 5.30. The number of nitrogen functional groups attached to an aromatic ring is 1. The molecule has 1 saturated carbocycles. The van der Waals surface area contributed by atoms with E-state index < -0.39 is 0 Å². The van der Waals surface area contributed by atoms with Crippen molar-refractivity contribution in [3.05, 3.63) is 12.4 Å². The van der Waals surface area contributed by atoms with Gasteiger partial charge in [0.15, 0.2) is 0 Å². The first-order chi connectivity index (χ1) is 6.28. The molecule has 0 amide bonds. The molecule has 3 nitrogen and oxygen atoms in total. The fourth-order valence-electron chi connectivity index (χ4n) is 2.10. The maximum Gasteiger partial charge on any atom is 0.0719 e. The zero-order valence-corrected chi connectivity index (χ0v) is 8.11. The Kier molecular flexibility index (Phi) is 2.25. The van der Waals surface area contributed by atoms with Gasteiger partial charge in [-0.25, -0.2) is 0 Å². The molecular formula is C10H17N3. The number of hydrogen-bond donors (Lipinski definition) is 1. The lowest BCUT2D eigenvalue weighted by atomic mass is 9.74. The van der Waals surface area contributed by atoms with E-state index in [1.54, 1.807) is 6.20 Å². The Morgan fingerprint density at radius 3 is 2.85 bits per heavy atom. The van der Waals surface area contributed by atoms with Crippen LogP contribution in [0.2, 0.25) is 0 Å². The molecule has 0 radical (unpaired) electrons. The Hall–Kier alpha value is -0.990. The molecule has 0 atom stereocenters. The molecule has 13 heavy (non-hydrogen) atoms. The van der Waals surface area contributed by atoms with Crippen molar-refractivity contribution in [3.8, 4) is 0 Å². The summed E-state index contributed by atoms with van der Waals surface area (Å²) in [4.78, 5) is 0. The standard InChI is InChI=1S/C10H17N3/c1-2-8-3-9(4-8)6-13-7-10(11)5-12-13/h5,7-9H,2-4,6,11H2,1H3. The van der Waals surface area contributed by atoms with Crippen LogP contribution in [0.3, 0.4) is 0 Å². The molecule has 0 aliphatic heterocycles. The van der Waals surface area contributed by atoms with E-state index >= 15 is 0 Å². The minimum Gasteiger partial charge on any atom is -0.396 e. The normalized spacial score (nSPS) is 27.2. The summed E-state index contributed by atoms with van der Waals surface area (Å²) >= 11 is 0. The van der Waals surface area contributed by atoms with Crippen molar-refractivity contribution in [2.75, 3.05) is 5.73 Å². The molecule has 1 aromatic rings. The van der Waals surface area contributed by atoms with Gasteiger partial charge in [-0.3, -0.25) is 4.68 Å². The van der Waals surface area contributed by atoms with E-state index in [1.165, 1.54) is 19.3 Å². The summed E-state index contributed by atoms with van der Waals surface area (Å²) in [5, 5.41) is 4.18. The van der Waals surface area contributed by atoms with Gasteiger partial charge in [0, 0.05) is 12.7 Å². The predicted octanol–water partition coefficient (Wildman–Crippen LogP) is 1.90. The van der Waals surface area contributed by atoms with Crippen LogP contribution >= 0.6 is 0 Å². The molecule has 0 bridgehead atoms. The Labute approximate surface area is 78.9 Å². The number of aromatic nitrogens is 2. The lowest BCUT2D eigenvalue weighted by molar-refractivity contribution is 0.161. The molecule has 2 N–H and O–H groups in total. The summed E-state index contributed by atoms with van der Waals surface area (Å²) < 4.78 is 1.96. The van der Waals surface area contributed by atoms with E-state index in [1.807, 2.05) is 10.9 Å². The van der Waals surface area contributed by atoms with Gasteiger partial charge in [-0.05, 0) is 24.7 Å². The first kappa shape index (κ1) is 8.60. The molecule has 0 saturated heterocycles. The molecule has 0 spiro atoms. The Morgan fingerprint density at radius 1 is 1.54 bits per heavy atom. The average molecular weight is 179 g/mol. The minimum atomic E-state index is 0.770. The first-order valence-electron chi connectivity index (χ1n) is 5.06. The summed E-state index contributed by atoms with van der Waals surface area (Å²) in [6.07, 6.45) is 7.71. The maximum atomic E-state index is 5.58. The second kappa shape index (κ2) is 3.40. The quantitative estimate of drug-likeness (QED) is 0.770. The number of nitrogens with two attached hydrogens (primary N) is 1. The van der Waals surface area contributed by atoms with Gasteiger partial charge >= 0.3 is 0 Å². The highest BCUT2D eigenvalue weighted by Crippen LogP contribution is 2.36. The third-order valence-electron chi connectivity index (χ3n) is 3.01. The van der Waals surface area contributed by atoms with E-state index in [2.05, 4.69) is 12.0 Å². The number of hydrogen-bond acceptors (Lipinski definition) is 2. The number of anilines is 1. The SMILES string of the molecule is CCC1CC(Cn2cc(N)cn2)C1. The summed E-state index contributed by atoms with van der Waals surface area (Å²) in [5.41, 5.74) is 6.35. The highest BCUT2D eigenvalue weighted by atomic mass is 15.3. The second-order valence-electron chi connectivity index (χ2n) is 4.11. The third kappa shape index (κ3) is 1.85. The van der Waals surface area contributed by atoms with Gasteiger partial charge in [0.05, 0.1) is 11.9 Å². The maximum absolute atomic E-state index is 5.58. The molecule has 2 rings (SSSR count). The summed E-state index contributed by atoms with van der Waals surface area (Å²) in [6, 6.07) is 0. The monoisotopic (exact) mass is 179 g/mol. The van der Waals surface area contributed by atoms with Gasteiger partial charge < -0.3 is 5.73 Å². The van der Waals surface area contributed by atoms with Crippen molar-refractivity contribution in [2.45, 2.75) is 32.7 Å². The summed E-state index contributed by atoms with van der Waals surface area (Å²) in [6.45, 7) is 3.32. The van der Waals surface area contributed by atoms with Gasteiger partial charge in [0.2, 0.25) is 0 Å². The Bertz CT molecular complexity index is 273. The van der Waals surface area contributed by atoms with Crippen molar-refractivity contribution in [2.24, 2.45) is 11.8 Å². The van der Waals surface area contributed by atoms with E-state index in [9.17, 15) is 0 Å². The van der Waals surface area contributed by atoms with Crippen LogP contribution in [0, 0.1) is 11.8 Å². The van der Waals surface area contributed by atoms with E-state index in [0.717, 1.165) is 24.1 Å². The zero-order chi connectivity index (χ0) is 9.26. The molecule has 1 aromatic heterocycles. The molecule has 1 aliphatic rings. The van der Waals surface area contributed by atoms with Gasteiger partial charge in [0.1, 0.15) is 0 Å². The Balaban J connectivity index is 1.81.